The number of benzene rings is 2. The molecule has 4 N–H and O–H groups in total. The molecule has 2 aromatic heterocycles. The zero-order valence-electron chi connectivity index (χ0n) is 27.6. The fraction of sp³-hybridized carbons (Fsp3) is 0.343. The number of aliphatic hydroxyl groups is 1. The van der Waals surface area contributed by atoms with Crippen molar-refractivity contribution in [3.05, 3.63) is 102 Å². The smallest absolute Gasteiger partial charge is 0.249 e. The molecular weight excluding hydrogens is 615 g/mol. The van der Waals surface area contributed by atoms with Crippen molar-refractivity contribution >= 4 is 11.5 Å². The molecule has 0 spiro atoms. The summed E-state index contributed by atoms with van der Waals surface area (Å²) in [6, 6.07) is 14.4. The third-order valence-electron chi connectivity index (χ3n) is 8.68. The molecule has 13 heteroatoms. The lowest BCUT2D eigenvalue weighted by Gasteiger charge is -2.29. The van der Waals surface area contributed by atoms with Gasteiger partial charge in [-0.15, -0.1) is 0 Å². The van der Waals surface area contributed by atoms with Crippen molar-refractivity contribution in [3.63, 3.8) is 0 Å². The van der Waals surface area contributed by atoms with Crippen molar-refractivity contribution in [1.82, 2.24) is 35.9 Å². The first kappa shape index (κ1) is 32.8. The van der Waals surface area contributed by atoms with Gasteiger partial charge < -0.3 is 29.5 Å². The minimum atomic E-state index is -0.587. The van der Waals surface area contributed by atoms with Crippen LogP contribution in [0.5, 0.6) is 11.5 Å². The Labute approximate surface area is 279 Å². The molecule has 252 valence electrons. The normalized spacial score (nSPS) is 19.1. The van der Waals surface area contributed by atoms with Crippen LogP contribution < -0.4 is 25.8 Å². The number of halogens is 1. The number of ether oxygens (including phenoxy) is 3. The van der Waals surface area contributed by atoms with Crippen molar-refractivity contribution in [1.29, 1.82) is 0 Å². The first-order valence-corrected chi connectivity index (χ1v) is 15.9. The molecular formula is C35H41FN8O4. The van der Waals surface area contributed by atoms with Gasteiger partial charge in [0.2, 0.25) is 5.88 Å². The molecule has 2 aromatic carbocycles. The van der Waals surface area contributed by atoms with Gasteiger partial charge in [0.1, 0.15) is 17.9 Å². The molecule has 0 bridgehead atoms. The molecule has 12 nitrogen and oxygen atoms in total. The highest BCUT2D eigenvalue weighted by Crippen LogP contribution is 2.39. The van der Waals surface area contributed by atoms with Crippen LogP contribution in [0.4, 0.5) is 10.2 Å². The van der Waals surface area contributed by atoms with E-state index in [1.807, 2.05) is 54.8 Å². The molecule has 2 aliphatic rings. The highest BCUT2D eigenvalue weighted by molar-refractivity contribution is 5.69. The van der Waals surface area contributed by atoms with Gasteiger partial charge in [-0.2, -0.15) is 5.10 Å². The standard InChI is InChI=1S/C35H41FN8O4/c1-21(2)44-28(12-13-40-44)26-14-24(36)10-11-31(26)48-33-19-37-20-39-34(33)43(3)29-15-25(16-30(29)45)38-18-22-6-8-23(9-7-22)27-17-32(46-4)35(47-5)42-41-27/h6-14,17,19-21,25,29-30,38,41-42,45H,15-16,18H2,1-5H3/t25-,29+,30-/m1/s1. The molecule has 3 heterocycles. The van der Waals surface area contributed by atoms with Gasteiger partial charge in [0.05, 0.1) is 44.0 Å². The van der Waals surface area contributed by atoms with Gasteiger partial charge in [-0.1, -0.05) is 24.3 Å². The summed E-state index contributed by atoms with van der Waals surface area (Å²) < 4.78 is 33.3. The molecule has 6 rings (SSSR count). The molecule has 1 aliphatic heterocycles. The Morgan fingerprint density at radius 3 is 2.62 bits per heavy atom. The van der Waals surface area contributed by atoms with Gasteiger partial charge >= 0.3 is 0 Å². The van der Waals surface area contributed by atoms with Crippen LogP contribution in [-0.2, 0) is 16.0 Å². The maximum atomic E-state index is 14.4. The van der Waals surface area contributed by atoms with Crippen molar-refractivity contribution in [3.8, 4) is 22.8 Å². The fourth-order valence-corrected chi connectivity index (χ4v) is 6.17. The second-order valence-corrected chi connectivity index (χ2v) is 12.1. The topological polar surface area (TPSA) is 131 Å². The van der Waals surface area contributed by atoms with Crippen molar-refractivity contribution in [2.24, 2.45) is 0 Å². The van der Waals surface area contributed by atoms with E-state index in [0.717, 1.165) is 22.5 Å². The molecule has 48 heavy (non-hydrogen) atoms. The van der Waals surface area contributed by atoms with E-state index in [1.54, 1.807) is 32.7 Å². The predicted molar refractivity (Wildman–Crippen MR) is 180 cm³/mol. The van der Waals surface area contributed by atoms with Gasteiger partial charge in [-0.25, -0.2) is 14.4 Å². The molecule has 0 saturated heterocycles. The van der Waals surface area contributed by atoms with Crippen LogP contribution in [0.25, 0.3) is 17.0 Å². The average Bonchev–Trinajstić information content (AvgIpc) is 3.75. The van der Waals surface area contributed by atoms with E-state index in [9.17, 15) is 9.50 Å². The molecule has 1 fully saturated rings. The molecule has 0 radical (unpaired) electrons. The lowest BCUT2D eigenvalue weighted by molar-refractivity contribution is 0.160. The van der Waals surface area contributed by atoms with Crippen molar-refractivity contribution < 1.29 is 23.7 Å². The van der Waals surface area contributed by atoms with Gasteiger partial charge in [-0.3, -0.25) is 15.5 Å². The summed E-state index contributed by atoms with van der Waals surface area (Å²) in [6.07, 6.45) is 7.32. The molecule has 1 saturated carbocycles. The summed E-state index contributed by atoms with van der Waals surface area (Å²) in [5, 5.41) is 19.2. The second-order valence-electron chi connectivity index (χ2n) is 12.1. The summed E-state index contributed by atoms with van der Waals surface area (Å²) >= 11 is 0. The first-order chi connectivity index (χ1) is 23.2. The van der Waals surface area contributed by atoms with E-state index >= 15 is 0 Å². The van der Waals surface area contributed by atoms with Crippen LogP contribution in [0.1, 0.15) is 43.9 Å². The number of hydrazine groups is 1. The number of hydrogen-bond donors (Lipinski definition) is 4. The van der Waals surface area contributed by atoms with Crippen LogP contribution in [0, 0.1) is 5.82 Å². The Morgan fingerprint density at radius 2 is 1.88 bits per heavy atom. The maximum absolute atomic E-state index is 14.4. The SMILES string of the molecule is COC1=C(OC)NNC(c2ccc(CN[C@H]3C[C@@H](O)[C@@H](N(C)c4ncncc4Oc4ccc(F)cc4-c4ccnn4C(C)C)C3)cc2)=C1. The number of allylic oxidation sites excluding steroid dienone is 1. The van der Waals surface area contributed by atoms with E-state index in [-0.39, 0.29) is 23.9 Å². The number of rotatable bonds is 12. The minimum Gasteiger partial charge on any atom is -0.491 e. The third kappa shape index (κ3) is 6.92. The number of hydrogen-bond acceptors (Lipinski definition) is 11. The minimum absolute atomic E-state index is 0.0686. The Balaban J connectivity index is 1.12. The number of nitrogens with zero attached hydrogens (tertiary/aromatic N) is 5. The third-order valence-corrected chi connectivity index (χ3v) is 8.68. The van der Waals surface area contributed by atoms with Gasteiger partial charge in [-0.05, 0) is 62.1 Å². The van der Waals surface area contributed by atoms with Crippen LogP contribution in [0.15, 0.2) is 85.0 Å². The Kier molecular flexibility index (Phi) is 9.78. The van der Waals surface area contributed by atoms with Gasteiger partial charge in [0.25, 0.3) is 0 Å². The number of anilines is 1. The first-order valence-electron chi connectivity index (χ1n) is 15.9. The highest BCUT2D eigenvalue weighted by Gasteiger charge is 2.37. The van der Waals surface area contributed by atoms with Crippen LogP contribution in [0.2, 0.25) is 0 Å². The zero-order chi connectivity index (χ0) is 33.8. The quantitative estimate of drug-likeness (QED) is 0.166. The second kappa shape index (κ2) is 14.3. The average molecular weight is 657 g/mol. The van der Waals surface area contributed by atoms with Crippen molar-refractivity contribution in [2.75, 3.05) is 26.2 Å². The van der Waals surface area contributed by atoms with Gasteiger partial charge in [0.15, 0.2) is 17.3 Å². The number of nitrogens with one attached hydrogen (secondary N) is 3. The Morgan fingerprint density at radius 1 is 1.06 bits per heavy atom. The van der Waals surface area contributed by atoms with Crippen LogP contribution in [-0.4, -0.2) is 64.3 Å². The number of aliphatic hydroxyl groups excluding tert-OH is 1. The molecule has 4 aromatic rings. The van der Waals surface area contributed by atoms with E-state index in [4.69, 9.17) is 14.2 Å². The summed E-state index contributed by atoms with van der Waals surface area (Å²) in [5.74, 6) is 2.11. The lowest BCUT2D eigenvalue weighted by atomic mass is 10.1. The highest BCUT2D eigenvalue weighted by atomic mass is 19.1. The van der Waals surface area contributed by atoms with Crippen molar-refractivity contribution in [2.45, 2.75) is 57.5 Å². The summed E-state index contributed by atoms with van der Waals surface area (Å²) in [7, 11) is 5.07. The maximum Gasteiger partial charge on any atom is 0.249 e. The number of methoxy groups -OCH3 is 2. The monoisotopic (exact) mass is 656 g/mol. The number of aromatic nitrogens is 4. The van der Waals surface area contributed by atoms with Crippen LogP contribution >= 0.6 is 0 Å². The summed E-state index contributed by atoms with van der Waals surface area (Å²) in [4.78, 5) is 10.7. The number of likely N-dealkylation sites (N-methyl/N-ethyl adjacent to an activating group) is 1. The molecule has 0 unspecified atom stereocenters. The molecule has 3 atom stereocenters. The van der Waals surface area contributed by atoms with E-state index in [2.05, 4.69) is 43.4 Å². The zero-order valence-corrected chi connectivity index (χ0v) is 27.6. The fourth-order valence-electron chi connectivity index (χ4n) is 6.17. The Bertz CT molecular complexity index is 1790. The predicted octanol–water partition coefficient (Wildman–Crippen LogP) is 4.88. The van der Waals surface area contributed by atoms with E-state index < -0.39 is 6.10 Å². The van der Waals surface area contributed by atoms with E-state index in [0.29, 0.717) is 53.9 Å². The summed E-state index contributed by atoms with van der Waals surface area (Å²) in [6.45, 7) is 4.68. The van der Waals surface area contributed by atoms with E-state index in [1.165, 1.54) is 18.5 Å². The van der Waals surface area contributed by atoms with Crippen LogP contribution in [0.3, 0.4) is 0 Å². The lowest BCUT2D eigenvalue weighted by Crippen LogP contribution is -2.38. The summed E-state index contributed by atoms with van der Waals surface area (Å²) in [5.41, 5.74) is 10.4. The molecule has 1 aliphatic carbocycles. The Hall–Kier alpha value is -5.14. The molecule has 0 amide bonds. The largest absolute Gasteiger partial charge is 0.491 e. The van der Waals surface area contributed by atoms with Gasteiger partial charge in [0, 0.05) is 43.5 Å².